The summed E-state index contributed by atoms with van der Waals surface area (Å²) in [5, 5.41) is 0. The highest BCUT2D eigenvalue weighted by Gasteiger charge is 2.18. The van der Waals surface area contributed by atoms with Crippen molar-refractivity contribution in [3.8, 4) is 0 Å². The minimum Gasteiger partial charge on any atom is -0.397 e. The molecule has 3 heteroatoms. The molecule has 18 heavy (non-hydrogen) atoms. The third-order valence-corrected chi connectivity index (χ3v) is 3.88. The van der Waals surface area contributed by atoms with Gasteiger partial charge in [0.15, 0.2) is 0 Å². The van der Waals surface area contributed by atoms with Gasteiger partial charge in [-0.3, -0.25) is 0 Å². The average molecular weight is 250 g/mol. The van der Waals surface area contributed by atoms with Gasteiger partial charge in [-0.1, -0.05) is 19.8 Å². The largest absolute Gasteiger partial charge is 0.397 e. The lowest BCUT2D eigenvalue weighted by Gasteiger charge is -2.24. The predicted octanol–water partition coefficient (Wildman–Crippen LogP) is 3.81. The van der Waals surface area contributed by atoms with E-state index in [1.807, 2.05) is 0 Å². The van der Waals surface area contributed by atoms with Gasteiger partial charge in [0.2, 0.25) is 0 Å². The molecule has 2 rings (SSSR count). The Kier molecular flexibility index (Phi) is 4.45. The van der Waals surface area contributed by atoms with Crippen molar-refractivity contribution >= 4 is 11.4 Å². The number of nitrogens with zero attached hydrogens (tertiary/aromatic N) is 1. The molecule has 1 aliphatic rings. The lowest BCUT2D eigenvalue weighted by molar-refractivity contribution is 0.435. The van der Waals surface area contributed by atoms with Gasteiger partial charge in [-0.2, -0.15) is 0 Å². The molecule has 0 spiro atoms. The first kappa shape index (κ1) is 13.2. The Morgan fingerprint density at radius 2 is 2.17 bits per heavy atom. The Morgan fingerprint density at radius 3 is 2.94 bits per heavy atom. The van der Waals surface area contributed by atoms with Crippen molar-refractivity contribution in [3.05, 3.63) is 24.0 Å². The van der Waals surface area contributed by atoms with Crippen molar-refractivity contribution in [2.45, 2.75) is 39.0 Å². The highest BCUT2D eigenvalue weighted by Crippen LogP contribution is 2.29. The fraction of sp³-hybridized carbons (Fsp3) is 0.600. The molecule has 1 fully saturated rings. The zero-order valence-electron chi connectivity index (χ0n) is 11.2. The highest BCUT2D eigenvalue weighted by atomic mass is 19.1. The smallest absolute Gasteiger partial charge is 0.125 e. The van der Waals surface area contributed by atoms with Gasteiger partial charge in [-0.25, -0.2) is 4.39 Å². The number of halogens is 1. The number of hydrogen-bond donors (Lipinski definition) is 1. The Morgan fingerprint density at radius 1 is 1.33 bits per heavy atom. The Hall–Kier alpha value is -1.25. The number of nitrogen functional groups attached to an aromatic ring is 1. The molecule has 1 aliphatic heterocycles. The van der Waals surface area contributed by atoms with Gasteiger partial charge < -0.3 is 10.6 Å². The zero-order chi connectivity index (χ0) is 13.0. The molecule has 0 saturated carbocycles. The fourth-order valence-electron chi connectivity index (χ4n) is 2.89. The molecule has 1 saturated heterocycles. The average Bonchev–Trinajstić information content (AvgIpc) is 2.58. The summed E-state index contributed by atoms with van der Waals surface area (Å²) in [4.78, 5) is 2.24. The molecule has 1 atom stereocenters. The van der Waals surface area contributed by atoms with Gasteiger partial charge in [-0.05, 0) is 43.4 Å². The van der Waals surface area contributed by atoms with Crippen LogP contribution in [-0.2, 0) is 0 Å². The van der Waals surface area contributed by atoms with Crippen molar-refractivity contribution in [1.82, 2.24) is 0 Å². The lowest BCUT2D eigenvalue weighted by Crippen LogP contribution is -2.25. The maximum absolute atomic E-state index is 13.3. The highest BCUT2D eigenvalue weighted by molar-refractivity contribution is 5.67. The Labute approximate surface area is 109 Å². The number of hydrogen-bond acceptors (Lipinski definition) is 2. The van der Waals surface area contributed by atoms with Gasteiger partial charge in [0.1, 0.15) is 5.82 Å². The van der Waals surface area contributed by atoms with E-state index in [1.54, 1.807) is 12.1 Å². The zero-order valence-corrected chi connectivity index (χ0v) is 11.2. The first-order valence-electron chi connectivity index (χ1n) is 7.00. The van der Waals surface area contributed by atoms with Crippen LogP contribution in [0.4, 0.5) is 15.8 Å². The van der Waals surface area contributed by atoms with E-state index < -0.39 is 0 Å². The molecule has 0 radical (unpaired) electrons. The minimum atomic E-state index is -0.200. The van der Waals surface area contributed by atoms with E-state index in [2.05, 4.69) is 11.8 Å². The molecule has 0 aromatic heterocycles. The van der Waals surface area contributed by atoms with Crippen molar-refractivity contribution < 1.29 is 4.39 Å². The second-order valence-electron chi connectivity index (χ2n) is 5.28. The Bertz CT molecular complexity index is 392. The summed E-state index contributed by atoms with van der Waals surface area (Å²) in [5.41, 5.74) is 7.51. The van der Waals surface area contributed by atoms with Gasteiger partial charge in [0.25, 0.3) is 0 Å². The summed E-state index contributed by atoms with van der Waals surface area (Å²) in [6.07, 6.45) is 6.24. The van der Waals surface area contributed by atoms with Crippen LogP contribution in [0.1, 0.15) is 39.0 Å². The summed E-state index contributed by atoms with van der Waals surface area (Å²) >= 11 is 0. The van der Waals surface area contributed by atoms with E-state index >= 15 is 0 Å². The van der Waals surface area contributed by atoms with Crippen LogP contribution in [0, 0.1) is 11.7 Å². The van der Waals surface area contributed by atoms with Crippen LogP contribution in [0.15, 0.2) is 18.2 Å². The monoisotopic (exact) mass is 250 g/mol. The van der Waals surface area contributed by atoms with Gasteiger partial charge in [0.05, 0.1) is 11.4 Å². The van der Waals surface area contributed by atoms with Gasteiger partial charge in [0, 0.05) is 13.1 Å². The van der Waals surface area contributed by atoms with Crippen LogP contribution in [-0.4, -0.2) is 13.1 Å². The Balaban J connectivity index is 2.07. The molecule has 0 aliphatic carbocycles. The first-order valence-corrected chi connectivity index (χ1v) is 7.00. The molecule has 2 nitrogen and oxygen atoms in total. The molecular formula is C15H23FN2. The summed E-state index contributed by atoms with van der Waals surface area (Å²) in [6.45, 7) is 4.24. The molecule has 1 unspecified atom stereocenters. The van der Waals surface area contributed by atoms with Gasteiger partial charge in [-0.15, -0.1) is 0 Å². The quantitative estimate of drug-likeness (QED) is 0.826. The summed E-state index contributed by atoms with van der Waals surface area (Å²) in [6, 6.07) is 4.66. The summed E-state index contributed by atoms with van der Waals surface area (Å²) < 4.78 is 13.3. The van der Waals surface area contributed by atoms with Gasteiger partial charge >= 0.3 is 0 Å². The van der Waals surface area contributed by atoms with Crippen LogP contribution in [0.3, 0.4) is 0 Å². The second-order valence-corrected chi connectivity index (χ2v) is 5.28. The second kappa shape index (κ2) is 6.07. The van der Waals surface area contributed by atoms with Crippen LogP contribution >= 0.6 is 0 Å². The predicted molar refractivity (Wildman–Crippen MR) is 75.3 cm³/mol. The molecule has 1 heterocycles. The molecular weight excluding hydrogens is 227 g/mol. The van der Waals surface area contributed by atoms with Crippen LogP contribution in [0.5, 0.6) is 0 Å². The fourth-order valence-corrected chi connectivity index (χ4v) is 2.89. The third-order valence-electron chi connectivity index (χ3n) is 3.88. The van der Waals surface area contributed by atoms with Crippen molar-refractivity contribution in [2.75, 3.05) is 23.7 Å². The van der Waals surface area contributed by atoms with Crippen molar-refractivity contribution in [2.24, 2.45) is 5.92 Å². The van der Waals surface area contributed by atoms with Crippen LogP contribution < -0.4 is 10.6 Å². The normalized spacial score (nSPS) is 20.8. The molecule has 1 aromatic rings. The molecule has 100 valence electrons. The van der Waals surface area contributed by atoms with E-state index in [0.29, 0.717) is 5.69 Å². The lowest BCUT2D eigenvalue weighted by atomic mass is 9.96. The molecule has 0 amide bonds. The third kappa shape index (κ3) is 3.15. The maximum atomic E-state index is 13.3. The van der Waals surface area contributed by atoms with E-state index in [0.717, 1.165) is 24.7 Å². The topological polar surface area (TPSA) is 29.3 Å². The number of anilines is 2. The van der Waals surface area contributed by atoms with E-state index in [9.17, 15) is 4.39 Å². The minimum absolute atomic E-state index is 0.200. The first-order chi connectivity index (χ1) is 8.70. The SMILES string of the molecule is CCCC1CCCN(c2cc(F)ccc2N)CC1. The molecule has 0 bridgehead atoms. The summed E-state index contributed by atoms with van der Waals surface area (Å²) in [5.74, 6) is 0.628. The van der Waals surface area contributed by atoms with Crippen LogP contribution in [0.25, 0.3) is 0 Å². The molecule has 1 aromatic carbocycles. The summed E-state index contributed by atoms with van der Waals surface area (Å²) in [7, 11) is 0. The van der Waals surface area contributed by atoms with E-state index in [-0.39, 0.29) is 5.82 Å². The number of rotatable bonds is 3. The van der Waals surface area contributed by atoms with E-state index in [4.69, 9.17) is 5.73 Å². The van der Waals surface area contributed by atoms with Crippen LogP contribution in [0.2, 0.25) is 0 Å². The van der Waals surface area contributed by atoms with Crippen molar-refractivity contribution in [1.29, 1.82) is 0 Å². The maximum Gasteiger partial charge on any atom is 0.125 e. The van der Waals surface area contributed by atoms with Crippen molar-refractivity contribution in [3.63, 3.8) is 0 Å². The number of benzene rings is 1. The van der Waals surface area contributed by atoms with E-state index in [1.165, 1.54) is 38.2 Å². The molecule has 2 N–H and O–H groups in total. The standard InChI is InChI=1S/C15H23FN2/c1-2-4-12-5-3-9-18(10-8-12)15-11-13(16)6-7-14(15)17/h6-7,11-12H,2-5,8-10,17H2,1H3. The number of nitrogens with two attached hydrogens (primary N) is 1.